The first-order valence-electron chi connectivity index (χ1n) is 8.65. The van der Waals surface area contributed by atoms with Crippen LogP contribution in [0.25, 0.3) is 10.4 Å². The van der Waals surface area contributed by atoms with Gasteiger partial charge in [-0.25, -0.2) is 0 Å². The van der Waals surface area contributed by atoms with Gasteiger partial charge in [0.2, 0.25) is 0 Å². The summed E-state index contributed by atoms with van der Waals surface area (Å²) in [4.78, 5) is 16.7. The van der Waals surface area contributed by atoms with Crippen molar-refractivity contribution in [2.45, 2.75) is 13.5 Å². The number of aryl methyl sites for hydroxylation is 1. The topological polar surface area (TPSA) is 70.0 Å². The summed E-state index contributed by atoms with van der Waals surface area (Å²) in [5.74, 6) is 0.185. The van der Waals surface area contributed by atoms with Gasteiger partial charge >= 0.3 is 0 Å². The Morgan fingerprint density at radius 3 is 2.67 bits per heavy atom. The summed E-state index contributed by atoms with van der Waals surface area (Å²) >= 11 is 1.65. The summed E-state index contributed by atoms with van der Waals surface area (Å²) in [5, 5.41) is 20.5. The van der Waals surface area contributed by atoms with E-state index in [1.807, 2.05) is 25.1 Å². The fourth-order valence-corrected chi connectivity index (χ4v) is 4.08. The van der Waals surface area contributed by atoms with E-state index in [2.05, 4.69) is 0 Å². The Bertz CT molecular complexity index is 1010. The van der Waals surface area contributed by atoms with Crippen LogP contribution in [0.3, 0.4) is 0 Å². The molecule has 0 spiro atoms. The first kappa shape index (κ1) is 17.4. The molecule has 0 fully saturated rings. The van der Waals surface area contributed by atoms with Crippen LogP contribution in [0, 0.1) is 6.92 Å². The van der Waals surface area contributed by atoms with Gasteiger partial charge in [0, 0.05) is 21.9 Å². The van der Waals surface area contributed by atoms with Gasteiger partial charge in [-0.05, 0) is 48.9 Å². The second-order valence-electron chi connectivity index (χ2n) is 6.49. The van der Waals surface area contributed by atoms with E-state index in [-0.39, 0.29) is 29.6 Å². The molecule has 0 bridgehead atoms. The second-order valence-corrected chi connectivity index (χ2v) is 7.77. The Morgan fingerprint density at radius 1 is 1.11 bits per heavy atom. The summed E-state index contributed by atoms with van der Waals surface area (Å²) in [7, 11) is 0. The first-order valence-corrected chi connectivity index (χ1v) is 9.47. The Labute approximate surface area is 161 Å². The van der Waals surface area contributed by atoms with Gasteiger partial charge in [0.15, 0.2) is 11.5 Å². The standard InChI is InChI=1S/C21H19NO4S/c1-13-6-7-19(27-13)14-10-15-12-22(8-9-26-20(15)18(24)11-14)21(25)16-4-2-3-5-17(16)23/h2-7,10-11,23-24H,8-9,12H2,1H3. The summed E-state index contributed by atoms with van der Waals surface area (Å²) in [6.07, 6.45) is 0. The quantitative estimate of drug-likeness (QED) is 0.699. The van der Waals surface area contributed by atoms with E-state index in [1.165, 1.54) is 10.9 Å². The molecule has 0 unspecified atom stereocenters. The van der Waals surface area contributed by atoms with Gasteiger partial charge in [-0.1, -0.05) is 12.1 Å². The Morgan fingerprint density at radius 2 is 1.93 bits per heavy atom. The molecule has 0 radical (unpaired) electrons. The number of phenolic OH excluding ortho intramolecular Hbond substituents is 2. The zero-order chi connectivity index (χ0) is 19.0. The van der Waals surface area contributed by atoms with Crippen LogP contribution < -0.4 is 4.74 Å². The minimum Gasteiger partial charge on any atom is -0.507 e. The van der Waals surface area contributed by atoms with Crippen molar-refractivity contribution in [1.29, 1.82) is 0 Å². The van der Waals surface area contributed by atoms with E-state index in [0.29, 0.717) is 18.8 Å². The molecule has 1 aliphatic heterocycles. The van der Waals surface area contributed by atoms with Crippen LogP contribution in [0.5, 0.6) is 17.2 Å². The number of hydrogen-bond acceptors (Lipinski definition) is 5. The van der Waals surface area contributed by atoms with Crippen LogP contribution >= 0.6 is 11.3 Å². The third kappa shape index (κ3) is 3.36. The van der Waals surface area contributed by atoms with Crippen molar-refractivity contribution in [3.8, 4) is 27.7 Å². The summed E-state index contributed by atoms with van der Waals surface area (Å²) in [6, 6.07) is 14.2. The summed E-state index contributed by atoms with van der Waals surface area (Å²) in [5.41, 5.74) is 1.90. The third-order valence-corrected chi connectivity index (χ3v) is 5.61. The van der Waals surface area contributed by atoms with Crippen LogP contribution in [0.2, 0.25) is 0 Å². The lowest BCUT2D eigenvalue weighted by molar-refractivity contribution is 0.0730. The monoisotopic (exact) mass is 381 g/mol. The molecule has 5 nitrogen and oxygen atoms in total. The molecule has 1 aliphatic rings. The van der Waals surface area contributed by atoms with E-state index < -0.39 is 0 Å². The molecule has 1 aromatic heterocycles. The molecular formula is C21H19NO4S. The number of benzene rings is 2. The zero-order valence-electron chi connectivity index (χ0n) is 14.8. The SMILES string of the molecule is Cc1ccc(-c2cc(O)c3c(c2)CN(C(=O)c2ccccc2O)CCO3)s1. The molecule has 27 heavy (non-hydrogen) atoms. The maximum atomic E-state index is 12.9. The average molecular weight is 381 g/mol. The molecule has 138 valence electrons. The van der Waals surface area contributed by atoms with Gasteiger partial charge in [0.1, 0.15) is 12.4 Å². The maximum absolute atomic E-state index is 12.9. The molecule has 0 atom stereocenters. The van der Waals surface area contributed by atoms with Gasteiger partial charge in [-0.15, -0.1) is 11.3 Å². The Balaban J connectivity index is 1.70. The van der Waals surface area contributed by atoms with Gasteiger partial charge in [0.05, 0.1) is 12.1 Å². The smallest absolute Gasteiger partial charge is 0.258 e. The van der Waals surface area contributed by atoms with Gasteiger partial charge in [-0.2, -0.15) is 0 Å². The van der Waals surface area contributed by atoms with Crippen molar-refractivity contribution < 1.29 is 19.7 Å². The number of hydrogen-bond donors (Lipinski definition) is 2. The summed E-state index contributed by atoms with van der Waals surface area (Å²) < 4.78 is 5.72. The molecule has 2 N–H and O–H groups in total. The molecule has 1 amide bonds. The second kappa shape index (κ2) is 6.96. The average Bonchev–Trinajstić information content (AvgIpc) is 2.96. The summed E-state index contributed by atoms with van der Waals surface area (Å²) in [6.45, 7) is 2.98. The Hall–Kier alpha value is -2.99. The predicted octanol–water partition coefficient (Wildman–Crippen LogP) is 4.17. The van der Waals surface area contributed by atoms with Crippen molar-refractivity contribution >= 4 is 17.2 Å². The van der Waals surface area contributed by atoms with Gasteiger partial charge in [-0.3, -0.25) is 4.79 Å². The number of aromatic hydroxyl groups is 2. The minimum absolute atomic E-state index is 0.0430. The normalized spacial score (nSPS) is 13.6. The third-order valence-electron chi connectivity index (χ3n) is 4.56. The number of rotatable bonds is 2. The largest absolute Gasteiger partial charge is 0.507 e. The highest BCUT2D eigenvalue weighted by Crippen LogP contribution is 2.39. The van der Waals surface area contributed by atoms with Crippen LogP contribution in [0.1, 0.15) is 20.8 Å². The molecule has 2 heterocycles. The van der Waals surface area contributed by atoms with E-state index >= 15 is 0 Å². The van der Waals surface area contributed by atoms with Crippen molar-refractivity contribution in [3.05, 3.63) is 64.5 Å². The lowest BCUT2D eigenvalue weighted by Crippen LogP contribution is -2.32. The molecule has 3 aromatic rings. The van der Waals surface area contributed by atoms with E-state index in [4.69, 9.17) is 4.74 Å². The lowest BCUT2D eigenvalue weighted by atomic mass is 10.1. The number of phenols is 2. The van der Waals surface area contributed by atoms with Crippen LogP contribution in [-0.4, -0.2) is 34.2 Å². The number of carbonyl (C=O) groups is 1. The molecule has 0 saturated heterocycles. The Kier molecular flexibility index (Phi) is 4.49. The highest BCUT2D eigenvalue weighted by atomic mass is 32.1. The zero-order valence-corrected chi connectivity index (χ0v) is 15.6. The van der Waals surface area contributed by atoms with Gasteiger partial charge in [0.25, 0.3) is 5.91 Å². The molecule has 0 saturated carbocycles. The van der Waals surface area contributed by atoms with Crippen LogP contribution in [0.15, 0.2) is 48.5 Å². The first-order chi connectivity index (χ1) is 13.0. The molecule has 2 aromatic carbocycles. The number of ether oxygens (including phenoxy) is 1. The van der Waals surface area contributed by atoms with E-state index in [1.54, 1.807) is 40.5 Å². The fraction of sp³-hybridized carbons (Fsp3) is 0.190. The minimum atomic E-state index is -0.263. The van der Waals surface area contributed by atoms with Crippen molar-refractivity contribution in [1.82, 2.24) is 4.90 Å². The number of amides is 1. The highest BCUT2D eigenvalue weighted by Gasteiger charge is 2.25. The lowest BCUT2D eigenvalue weighted by Gasteiger charge is -2.20. The van der Waals surface area contributed by atoms with Crippen molar-refractivity contribution in [3.63, 3.8) is 0 Å². The van der Waals surface area contributed by atoms with Gasteiger partial charge < -0.3 is 19.8 Å². The van der Waals surface area contributed by atoms with Crippen molar-refractivity contribution in [2.24, 2.45) is 0 Å². The number of para-hydroxylation sites is 1. The van der Waals surface area contributed by atoms with E-state index in [9.17, 15) is 15.0 Å². The molecule has 4 rings (SSSR count). The van der Waals surface area contributed by atoms with Crippen LogP contribution in [0.4, 0.5) is 0 Å². The molecular weight excluding hydrogens is 362 g/mol. The number of fused-ring (bicyclic) bond motifs is 1. The predicted molar refractivity (Wildman–Crippen MR) is 104 cm³/mol. The van der Waals surface area contributed by atoms with E-state index in [0.717, 1.165) is 16.0 Å². The molecule has 0 aliphatic carbocycles. The van der Waals surface area contributed by atoms with Crippen molar-refractivity contribution in [2.75, 3.05) is 13.2 Å². The maximum Gasteiger partial charge on any atom is 0.258 e. The fourth-order valence-electron chi connectivity index (χ4n) is 3.23. The van der Waals surface area contributed by atoms with Crippen LogP contribution in [-0.2, 0) is 6.54 Å². The molecule has 6 heteroatoms. The number of carbonyl (C=O) groups excluding carboxylic acids is 1. The number of thiophene rings is 1. The highest BCUT2D eigenvalue weighted by molar-refractivity contribution is 7.15. The number of nitrogens with zero attached hydrogens (tertiary/aromatic N) is 1.